The zero-order chi connectivity index (χ0) is 13.5. The zero-order valence-electron chi connectivity index (χ0n) is 10.3. The minimum atomic E-state index is -0.200. The standard InChI is InChI=1S/C13H17BrClNO2/c1-16(8-4-2-3-7-14)13(18)11-9-10(15)5-6-12(11)17/h5-6,9,17H,2-4,7-8H2,1H3. The van der Waals surface area contributed by atoms with E-state index in [2.05, 4.69) is 15.9 Å². The molecule has 3 nitrogen and oxygen atoms in total. The number of hydrogen-bond acceptors (Lipinski definition) is 2. The van der Waals surface area contributed by atoms with Gasteiger partial charge in [-0.2, -0.15) is 0 Å². The van der Waals surface area contributed by atoms with Crippen LogP contribution in [0, 0.1) is 0 Å². The fraction of sp³-hybridized carbons (Fsp3) is 0.462. The van der Waals surface area contributed by atoms with Gasteiger partial charge in [0.1, 0.15) is 5.75 Å². The van der Waals surface area contributed by atoms with Gasteiger partial charge in [0, 0.05) is 23.9 Å². The van der Waals surface area contributed by atoms with E-state index in [9.17, 15) is 9.90 Å². The number of alkyl halides is 1. The molecular formula is C13H17BrClNO2. The summed E-state index contributed by atoms with van der Waals surface area (Å²) in [6, 6.07) is 4.49. The Morgan fingerprint density at radius 2 is 2.11 bits per heavy atom. The number of carbonyl (C=O) groups excluding carboxylic acids is 1. The largest absolute Gasteiger partial charge is 0.507 e. The number of halogens is 2. The third-order valence-corrected chi connectivity index (χ3v) is 3.46. The molecule has 0 saturated heterocycles. The van der Waals surface area contributed by atoms with Crippen molar-refractivity contribution in [3.8, 4) is 5.75 Å². The molecule has 18 heavy (non-hydrogen) atoms. The van der Waals surface area contributed by atoms with Crippen molar-refractivity contribution >= 4 is 33.4 Å². The highest BCUT2D eigenvalue weighted by Gasteiger charge is 2.15. The maximum atomic E-state index is 12.1. The molecule has 0 fully saturated rings. The normalized spacial score (nSPS) is 10.4. The molecule has 0 unspecified atom stereocenters. The van der Waals surface area contributed by atoms with Crippen molar-refractivity contribution in [2.24, 2.45) is 0 Å². The molecule has 1 rings (SSSR count). The van der Waals surface area contributed by atoms with Gasteiger partial charge in [0.2, 0.25) is 0 Å². The minimum Gasteiger partial charge on any atom is -0.507 e. The lowest BCUT2D eigenvalue weighted by Crippen LogP contribution is -2.27. The number of carbonyl (C=O) groups is 1. The Bertz CT molecular complexity index is 412. The van der Waals surface area contributed by atoms with Gasteiger partial charge in [0.15, 0.2) is 0 Å². The van der Waals surface area contributed by atoms with Crippen molar-refractivity contribution in [3.05, 3.63) is 28.8 Å². The number of benzene rings is 1. The predicted octanol–water partition coefficient (Wildman–Crippen LogP) is 3.68. The van der Waals surface area contributed by atoms with Crippen LogP contribution in [0.2, 0.25) is 5.02 Å². The second kappa shape index (κ2) is 7.64. The summed E-state index contributed by atoms with van der Waals surface area (Å²) in [6.45, 7) is 0.678. The molecule has 0 spiro atoms. The number of phenolic OH excluding ortho intramolecular Hbond substituents is 1. The quantitative estimate of drug-likeness (QED) is 0.637. The average molecular weight is 335 g/mol. The second-order valence-electron chi connectivity index (χ2n) is 4.14. The van der Waals surface area contributed by atoms with Gasteiger partial charge < -0.3 is 10.0 Å². The van der Waals surface area contributed by atoms with E-state index in [1.807, 2.05) is 0 Å². The number of rotatable bonds is 6. The van der Waals surface area contributed by atoms with Crippen molar-refractivity contribution in [2.75, 3.05) is 18.9 Å². The average Bonchev–Trinajstić information content (AvgIpc) is 2.36. The summed E-state index contributed by atoms with van der Waals surface area (Å²) < 4.78 is 0. The molecule has 1 aromatic carbocycles. The smallest absolute Gasteiger partial charge is 0.257 e. The number of amides is 1. The summed E-state index contributed by atoms with van der Waals surface area (Å²) in [7, 11) is 1.73. The molecule has 0 aliphatic carbocycles. The van der Waals surface area contributed by atoms with Gasteiger partial charge in [-0.1, -0.05) is 34.0 Å². The topological polar surface area (TPSA) is 40.5 Å². The van der Waals surface area contributed by atoms with E-state index < -0.39 is 0 Å². The molecule has 1 N–H and O–H groups in total. The summed E-state index contributed by atoms with van der Waals surface area (Å²) in [5.41, 5.74) is 0.255. The molecule has 0 radical (unpaired) electrons. The van der Waals surface area contributed by atoms with Crippen LogP contribution in [0.5, 0.6) is 5.75 Å². The highest BCUT2D eigenvalue weighted by atomic mass is 79.9. The van der Waals surface area contributed by atoms with E-state index in [0.29, 0.717) is 11.6 Å². The number of phenols is 1. The van der Waals surface area contributed by atoms with Gasteiger partial charge in [-0.05, 0) is 31.0 Å². The lowest BCUT2D eigenvalue weighted by atomic mass is 10.1. The van der Waals surface area contributed by atoms with Crippen LogP contribution >= 0.6 is 27.5 Å². The first-order chi connectivity index (χ1) is 8.56. The van der Waals surface area contributed by atoms with Crippen molar-refractivity contribution in [2.45, 2.75) is 19.3 Å². The molecule has 100 valence electrons. The van der Waals surface area contributed by atoms with Gasteiger partial charge in [0.05, 0.1) is 5.56 Å². The van der Waals surface area contributed by atoms with Gasteiger partial charge in [-0.15, -0.1) is 0 Å². The van der Waals surface area contributed by atoms with Crippen LogP contribution in [-0.4, -0.2) is 34.8 Å². The van der Waals surface area contributed by atoms with Crippen LogP contribution in [0.4, 0.5) is 0 Å². The molecule has 5 heteroatoms. The SMILES string of the molecule is CN(CCCCCBr)C(=O)c1cc(Cl)ccc1O. The molecule has 0 aliphatic heterocycles. The molecule has 1 amide bonds. The first kappa shape index (κ1) is 15.3. The number of aromatic hydroxyl groups is 1. The maximum Gasteiger partial charge on any atom is 0.257 e. The van der Waals surface area contributed by atoms with Crippen LogP contribution < -0.4 is 0 Å². The second-order valence-corrected chi connectivity index (χ2v) is 5.37. The number of nitrogens with zero attached hydrogens (tertiary/aromatic N) is 1. The number of hydrogen-bond donors (Lipinski definition) is 1. The highest BCUT2D eigenvalue weighted by Crippen LogP contribution is 2.22. The zero-order valence-corrected chi connectivity index (χ0v) is 12.7. The van der Waals surface area contributed by atoms with Crippen LogP contribution in [-0.2, 0) is 0 Å². The lowest BCUT2D eigenvalue weighted by molar-refractivity contribution is 0.0789. The molecular weight excluding hydrogens is 318 g/mol. The Balaban J connectivity index is 2.60. The van der Waals surface area contributed by atoms with Crippen molar-refractivity contribution in [1.29, 1.82) is 0 Å². The van der Waals surface area contributed by atoms with Crippen LogP contribution in [0.25, 0.3) is 0 Å². The third kappa shape index (κ3) is 4.50. The maximum absolute atomic E-state index is 12.1. The summed E-state index contributed by atoms with van der Waals surface area (Å²) >= 11 is 9.20. The molecule has 1 aromatic rings. The molecule has 0 saturated carbocycles. The van der Waals surface area contributed by atoms with Crippen LogP contribution in [0.1, 0.15) is 29.6 Å². The molecule has 0 atom stereocenters. The van der Waals surface area contributed by atoms with E-state index >= 15 is 0 Å². The van der Waals surface area contributed by atoms with Crippen molar-refractivity contribution in [3.63, 3.8) is 0 Å². The molecule has 0 aliphatic rings. The molecule has 0 aromatic heterocycles. The first-order valence-electron chi connectivity index (χ1n) is 5.86. The molecule has 0 bridgehead atoms. The first-order valence-corrected chi connectivity index (χ1v) is 7.36. The van der Waals surface area contributed by atoms with Gasteiger partial charge in [-0.25, -0.2) is 0 Å². The lowest BCUT2D eigenvalue weighted by Gasteiger charge is -2.17. The summed E-state index contributed by atoms with van der Waals surface area (Å²) in [4.78, 5) is 13.7. The Hall–Kier alpha value is -0.740. The van der Waals surface area contributed by atoms with E-state index in [4.69, 9.17) is 11.6 Å². The fourth-order valence-corrected chi connectivity index (χ4v) is 2.18. The van der Waals surface area contributed by atoms with Gasteiger partial charge in [-0.3, -0.25) is 4.79 Å². The summed E-state index contributed by atoms with van der Waals surface area (Å²) in [5, 5.41) is 11.1. The molecule has 0 heterocycles. The Labute approximate surface area is 121 Å². The fourth-order valence-electron chi connectivity index (χ4n) is 1.61. The predicted molar refractivity (Wildman–Crippen MR) is 77.7 cm³/mol. The van der Waals surface area contributed by atoms with Crippen LogP contribution in [0.15, 0.2) is 18.2 Å². The van der Waals surface area contributed by atoms with Crippen molar-refractivity contribution < 1.29 is 9.90 Å². The monoisotopic (exact) mass is 333 g/mol. The van der Waals surface area contributed by atoms with Gasteiger partial charge >= 0.3 is 0 Å². The third-order valence-electron chi connectivity index (χ3n) is 2.66. The Kier molecular flexibility index (Phi) is 6.50. The van der Waals surface area contributed by atoms with Gasteiger partial charge in [0.25, 0.3) is 5.91 Å². The van der Waals surface area contributed by atoms with Crippen LogP contribution in [0.3, 0.4) is 0 Å². The highest BCUT2D eigenvalue weighted by molar-refractivity contribution is 9.09. The Morgan fingerprint density at radius 3 is 2.78 bits per heavy atom. The summed E-state index contributed by atoms with van der Waals surface area (Å²) in [6.07, 6.45) is 3.13. The minimum absolute atomic E-state index is 0.0308. The van der Waals surface area contributed by atoms with E-state index in [1.54, 1.807) is 18.0 Å². The number of unbranched alkanes of at least 4 members (excludes halogenated alkanes) is 2. The van der Waals surface area contributed by atoms with E-state index in [1.165, 1.54) is 12.1 Å². The van der Waals surface area contributed by atoms with Crippen molar-refractivity contribution in [1.82, 2.24) is 4.90 Å². The Morgan fingerprint density at radius 1 is 1.39 bits per heavy atom. The van der Waals surface area contributed by atoms with E-state index in [-0.39, 0.29) is 17.2 Å². The van der Waals surface area contributed by atoms with E-state index in [0.717, 1.165) is 24.6 Å². The summed E-state index contributed by atoms with van der Waals surface area (Å²) in [5.74, 6) is -0.231.